The molecule has 7 nitrogen and oxygen atoms in total. The number of hydrogen-bond acceptors (Lipinski definition) is 5. The molecule has 37 heavy (non-hydrogen) atoms. The van der Waals surface area contributed by atoms with Gasteiger partial charge in [0.2, 0.25) is 0 Å². The van der Waals surface area contributed by atoms with Crippen LogP contribution in [0.3, 0.4) is 0 Å². The number of carbonyl (C=O) groups excluding carboxylic acids is 1. The second kappa shape index (κ2) is 11.7. The number of unbranched alkanes of at least 4 members (excludes halogenated alkanes) is 4. The molecule has 1 unspecified atom stereocenters. The number of hydrogen-bond donors (Lipinski definition) is 2. The topological polar surface area (TPSA) is 87.7 Å². The van der Waals surface area contributed by atoms with Crippen molar-refractivity contribution in [2.24, 2.45) is 0 Å². The molecule has 198 valence electrons. The monoisotopic (exact) mass is 505 g/mol. The van der Waals surface area contributed by atoms with E-state index >= 15 is 0 Å². The lowest BCUT2D eigenvalue weighted by atomic mass is 9.93. The molecule has 0 saturated heterocycles. The highest BCUT2D eigenvalue weighted by Gasteiger charge is 2.42. The van der Waals surface area contributed by atoms with E-state index in [2.05, 4.69) is 24.0 Å². The molecule has 2 heterocycles. The number of H-pyrrole nitrogens is 1. The van der Waals surface area contributed by atoms with Crippen molar-refractivity contribution in [1.29, 1.82) is 0 Å². The predicted molar refractivity (Wildman–Crippen MR) is 146 cm³/mol. The maximum atomic E-state index is 13.5. The van der Waals surface area contributed by atoms with Gasteiger partial charge in [0.05, 0.1) is 19.8 Å². The van der Waals surface area contributed by atoms with Crippen LogP contribution in [0.2, 0.25) is 0 Å². The number of aryl methyl sites for hydroxylation is 2. The Bertz CT molecular complexity index is 1250. The molecule has 7 heteroatoms. The molecule has 1 aromatic heterocycles. The summed E-state index contributed by atoms with van der Waals surface area (Å²) in [6, 6.07) is 9.41. The zero-order valence-electron chi connectivity index (χ0n) is 22.7. The maximum absolute atomic E-state index is 13.5. The third-order valence-electron chi connectivity index (χ3n) is 7.08. The summed E-state index contributed by atoms with van der Waals surface area (Å²) in [7, 11) is 1.64. The van der Waals surface area contributed by atoms with Gasteiger partial charge < -0.3 is 19.5 Å². The van der Waals surface area contributed by atoms with E-state index in [9.17, 15) is 9.90 Å². The van der Waals surface area contributed by atoms with Crippen LogP contribution in [0.15, 0.2) is 30.3 Å². The number of methoxy groups -OCH3 is 1. The van der Waals surface area contributed by atoms with E-state index < -0.39 is 0 Å². The maximum Gasteiger partial charge on any atom is 0.273 e. The Morgan fingerprint density at radius 2 is 1.81 bits per heavy atom. The van der Waals surface area contributed by atoms with Gasteiger partial charge in [-0.3, -0.25) is 9.89 Å². The van der Waals surface area contributed by atoms with Crippen molar-refractivity contribution >= 4 is 5.91 Å². The minimum Gasteiger partial charge on any atom is -0.507 e. The number of fused-ring (bicyclic) bond motifs is 1. The second-order valence-electron chi connectivity index (χ2n) is 9.91. The first-order valence-electron chi connectivity index (χ1n) is 13.4. The average Bonchev–Trinajstić information content (AvgIpc) is 3.43. The van der Waals surface area contributed by atoms with Crippen molar-refractivity contribution in [3.05, 3.63) is 58.3 Å². The zero-order valence-corrected chi connectivity index (χ0v) is 22.7. The van der Waals surface area contributed by atoms with Crippen LogP contribution in [0, 0.1) is 13.8 Å². The highest BCUT2D eigenvalue weighted by Crippen LogP contribution is 2.46. The van der Waals surface area contributed by atoms with E-state index in [1.165, 1.54) is 12.8 Å². The highest BCUT2D eigenvalue weighted by atomic mass is 16.5. The number of ether oxygens (including phenoxy) is 2. The largest absolute Gasteiger partial charge is 0.507 e. The summed E-state index contributed by atoms with van der Waals surface area (Å²) in [6.07, 6.45) is 6.40. The molecule has 4 rings (SSSR count). The number of aromatic amines is 1. The van der Waals surface area contributed by atoms with Gasteiger partial charge in [-0.25, -0.2) is 0 Å². The van der Waals surface area contributed by atoms with E-state index in [1.54, 1.807) is 7.11 Å². The molecule has 2 N–H and O–H groups in total. The van der Waals surface area contributed by atoms with Crippen LogP contribution < -0.4 is 9.47 Å². The number of nitrogens with zero attached hydrogens (tertiary/aromatic N) is 2. The van der Waals surface area contributed by atoms with Crippen LogP contribution in [0.5, 0.6) is 17.2 Å². The molecule has 0 bridgehead atoms. The van der Waals surface area contributed by atoms with Crippen molar-refractivity contribution in [1.82, 2.24) is 15.1 Å². The molecular formula is C30H39N3O4. The van der Waals surface area contributed by atoms with E-state index in [1.807, 2.05) is 49.1 Å². The molecule has 0 radical (unpaired) electrons. The molecule has 1 aliphatic heterocycles. The van der Waals surface area contributed by atoms with Crippen LogP contribution in [0.25, 0.3) is 11.3 Å². The minimum absolute atomic E-state index is 0.0775. The molecule has 0 spiro atoms. The van der Waals surface area contributed by atoms with Crippen molar-refractivity contribution in [2.75, 3.05) is 20.3 Å². The number of aromatic hydroxyl groups is 1. The van der Waals surface area contributed by atoms with Crippen molar-refractivity contribution in [3.8, 4) is 28.5 Å². The smallest absolute Gasteiger partial charge is 0.273 e. The van der Waals surface area contributed by atoms with E-state index in [0.29, 0.717) is 41.6 Å². The van der Waals surface area contributed by atoms with Crippen molar-refractivity contribution < 1.29 is 19.4 Å². The van der Waals surface area contributed by atoms with Gasteiger partial charge in [-0.1, -0.05) is 51.7 Å². The molecule has 1 atom stereocenters. The van der Waals surface area contributed by atoms with Gasteiger partial charge in [-0.05, 0) is 61.6 Å². The summed E-state index contributed by atoms with van der Waals surface area (Å²) in [6.45, 7) is 9.44. The van der Waals surface area contributed by atoms with Gasteiger partial charge in [0.15, 0.2) is 11.5 Å². The number of aromatic nitrogens is 2. The summed E-state index contributed by atoms with van der Waals surface area (Å²) in [4.78, 5) is 15.4. The molecule has 0 aliphatic carbocycles. The fourth-order valence-corrected chi connectivity index (χ4v) is 5.13. The second-order valence-corrected chi connectivity index (χ2v) is 9.91. The average molecular weight is 506 g/mol. The Balaban J connectivity index is 1.75. The fourth-order valence-electron chi connectivity index (χ4n) is 5.13. The Morgan fingerprint density at radius 3 is 2.54 bits per heavy atom. The van der Waals surface area contributed by atoms with Gasteiger partial charge >= 0.3 is 0 Å². The number of amides is 1. The first kappa shape index (κ1) is 26.6. The van der Waals surface area contributed by atoms with Crippen molar-refractivity contribution in [2.45, 2.75) is 72.3 Å². The number of rotatable bonds is 12. The van der Waals surface area contributed by atoms with Crippen LogP contribution in [0.4, 0.5) is 0 Å². The summed E-state index contributed by atoms with van der Waals surface area (Å²) in [5.41, 5.74) is 5.22. The molecular weight excluding hydrogens is 466 g/mol. The number of nitrogens with one attached hydrogen (secondary N) is 1. The van der Waals surface area contributed by atoms with Gasteiger partial charge in [0.1, 0.15) is 17.1 Å². The number of carbonyl (C=O) groups is 1. The van der Waals surface area contributed by atoms with E-state index in [4.69, 9.17) is 9.47 Å². The summed E-state index contributed by atoms with van der Waals surface area (Å²) < 4.78 is 11.7. The van der Waals surface area contributed by atoms with Gasteiger partial charge in [0.25, 0.3) is 5.91 Å². The standard InChI is InChI=1S/C30H39N3O4/c1-6-8-10-11-15-37-23-13-12-21(18-24(23)36-5)28-25-26(22-17-19(3)16-20(4)29(22)34)31-32-27(25)30(35)33(28)14-9-7-2/h12-13,16-18,28,34H,6-11,14-15H2,1-5H3,(H,31,32). The number of phenols is 1. The lowest BCUT2D eigenvalue weighted by molar-refractivity contribution is 0.0741. The SMILES string of the molecule is CCCCCCOc1ccc(C2c3c(-c4cc(C)cc(C)c4O)n[nH]c3C(=O)N2CCCC)cc1OC. The first-order chi connectivity index (χ1) is 17.9. The lowest BCUT2D eigenvalue weighted by Gasteiger charge is -2.27. The fraction of sp³-hybridized carbons (Fsp3) is 0.467. The molecule has 2 aromatic carbocycles. The predicted octanol–water partition coefficient (Wildman–Crippen LogP) is 6.71. The van der Waals surface area contributed by atoms with Crippen LogP contribution in [-0.2, 0) is 0 Å². The van der Waals surface area contributed by atoms with Crippen LogP contribution in [-0.4, -0.2) is 46.4 Å². The normalized spacial score (nSPS) is 14.8. The Hall–Kier alpha value is -3.48. The third kappa shape index (κ3) is 5.31. The molecule has 1 aliphatic rings. The first-order valence-corrected chi connectivity index (χ1v) is 13.4. The van der Waals surface area contributed by atoms with E-state index in [0.717, 1.165) is 47.9 Å². The van der Waals surface area contributed by atoms with Crippen LogP contribution >= 0.6 is 0 Å². The van der Waals surface area contributed by atoms with Gasteiger partial charge in [-0.15, -0.1) is 0 Å². The molecule has 0 saturated carbocycles. The summed E-state index contributed by atoms with van der Waals surface area (Å²) in [5, 5.41) is 18.4. The lowest BCUT2D eigenvalue weighted by Crippen LogP contribution is -2.30. The van der Waals surface area contributed by atoms with Gasteiger partial charge in [0, 0.05) is 17.7 Å². The Kier molecular flexibility index (Phi) is 8.41. The van der Waals surface area contributed by atoms with E-state index in [-0.39, 0.29) is 17.7 Å². The molecule has 3 aromatic rings. The quantitative estimate of drug-likeness (QED) is 0.267. The molecule has 0 fully saturated rings. The zero-order chi connectivity index (χ0) is 26.5. The Morgan fingerprint density at radius 1 is 1.03 bits per heavy atom. The summed E-state index contributed by atoms with van der Waals surface area (Å²) >= 11 is 0. The van der Waals surface area contributed by atoms with Gasteiger partial charge in [-0.2, -0.15) is 5.10 Å². The van der Waals surface area contributed by atoms with Crippen molar-refractivity contribution in [3.63, 3.8) is 0 Å². The summed E-state index contributed by atoms with van der Waals surface area (Å²) in [5.74, 6) is 1.45. The number of benzene rings is 2. The highest BCUT2D eigenvalue weighted by molar-refractivity contribution is 6.00. The third-order valence-corrected chi connectivity index (χ3v) is 7.08. The minimum atomic E-state index is -0.351. The number of phenolic OH excluding ortho intramolecular Hbond substituents is 1. The Labute approximate surface area is 219 Å². The van der Waals surface area contributed by atoms with Crippen LogP contribution in [0.1, 0.15) is 91.2 Å². The molecule has 1 amide bonds.